The smallest absolute Gasteiger partial charge is 0.187 e. The molecule has 4 heteroatoms. The molecule has 0 aromatic heterocycles. The summed E-state index contributed by atoms with van der Waals surface area (Å²) in [6.07, 6.45) is -0.809. The van der Waals surface area contributed by atoms with Crippen LogP contribution in [0.1, 0.15) is 0 Å². The van der Waals surface area contributed by atoms with Gasteiger partial charge in [-0.1, -0.05) is 0 Å². The molecule has 3 aliphatic heterocycles. The second-order valence-electron chi connectivity index (χ2n) is 2.93. The van der Waals surface area contributed by atoms with Gasteiger partial charge < -0.3 is 19.3 Å². The predicted octanol–water partition coefficient (Wildman–Crippen LogP) is -1.13. The summed E-state index contributed by atoms with van der Waals surface area (Å²) in [5.41, 5.74) is 0. The summed E-state index contributed by atoms with van der Waals surface area (Å²) < 4.78 is 15.6. The van der Waals surface area contributed by atoms with E-state index in [1.54, 1.807) is 0 Å². The lowest BCUT2D eigenvalue weighted by molar-refractivity contribution is -0.103. The number of aliphatic hydroxyl groups is 1. The Hall–Kier alpha value is -0.160. The molecule has 3 heterocycles. The summed E-state index contributed by atoms with van der Waals surface area (Å²) in [7, 11) is 0. The van der Waals surface area contributed by atoms with Gasteiger partial charge in [0.15, 0.2) is 6.29 Å². The lowest BCUT2D eigenvalue weighted by atomic mass is 10.1. The third kappa shape index (κ3) is 0.509. The SMILES string of the molecule is O[C@@H]1[C@@H]2O[C@@H]2[C@@H]2OC[C@H]1O2. The minimum Gasteiger partial charge on any atom is -0.387 e. The highest BCUT2D eigenvalue weighted by Crippen LogP contribution is 2.41. The van der Waals surface area contributed by atoms with Crippen molar-refractivity contribution in [3.63, 3.8) is 0 Å². The van der Waals surface area contributed by atoms with Crippen molar-refractivity contribution in [3.8, 4) is 0 Å². The Kier molecular flexibility index (Phi) is 0.840. The Bertz CT molecular complexity index is 169. The zero-order valence-electron chi connectivity index (χ0n) is 5.27. The largest absolute Gasteiger partial charge is 0.387 e. The zero-order chi connectivity index (χ0) is 6.72. The van der Waals surface area contributed by atoms with Crippen molar-refractivity contribution in [1.29, 1.82) is 0 Å². The zero-order valence-corrected chi connectivity index (χ0v) is 5.27. The molecule has 0 unspecified atom stereocenters. The second kappa shape index (κ2) is 1.53. The molecule has 0 saturated carbocycles. The van der Waals surface area contributed by atoms with Crippen LogP contribution >= 0.6 is 0 Å². The number of fused-ring (bicyclic) bond motifs is 4. The minimum atomic E-state index is -0.469. The standard InChI is InChI=1S/C6H8O4/c7-3-2-1-8-6(9-2)5-4(3)10-5/h2-7H,1H2/t2-,3+,4+,5+,6-/m1/s1. The fourth-order valence-corrected chi connectivity index (χ4v) is 1.63. The topological polar surface area (TPSA) is 51.2 Å². The molecule has 0 amide bonds. The van der Waals surface area contributed by atoms with Gasteiger partial charge in [0, 0.05) is 0 Å². The van der Waals surface area contributed by atoms with E-state index >= 15 is 0 Å². The summed E-state index contributed by atoms with van der Waals surface area (Å²) in [5.74, 6) is 0. The van der Waals surface area contributed by atoms with Gasteiger partial charge in [-0.25, -0.2) is 0 Å². The van der Waals surface area contributed by atoms with Gasteiger partial charge in [0.05, 0.1) is 6.61 Å². The molecular formula is C6H8O4. The van der Waals surface area contributed by atoms with E-state index in [1.807, 2.05) is 0 Å². The van der Waals surface area contributed by atoms with E-state index in [0.29, 0.717) is 6.61 Å². The van der Waals surface area contributed by atoms with Crippen LogP contribution in [0.3, 0.4) is 0 Å². The van der Waals surface area contributed by atoms with Crippen molar-refractivity contribution in [2.24, 2.45) is 0 Å². The molecule has 5 atom stereocenters. The van der Waals surface area contributed by atoms with Crippen LogP contribution in [-0.4, -0.2) is 42.4 Å². The van der Waals surface area contributed by atoms with E-state index in [0.717, 1.165) is 0 Å². The molecule has 56 valence electrons. The van der Waals surface area contributed by atoms with E-state index in [4.69, 9.17) is 14.2 Å². The molecule has 0 aromatic carbocycles. The van der Waals surface area contributed by atoms with Crippen molar-refractivity contribution < 1.29 is 19.3 Å². The number of rotatable bonds is 0. The first-order chi connectivity index (χ1) is 4.86. The summed E-state index contributed by atoms with van der Waals surface area (Å²) in [4.78, 5) is 0. The Morgan fingerprint density at radius 3 is 3.00 bits per heavy atom. The van der Waals surface area contributed by atoms with Gasteiger partial charge in [-0.15, -0.1) is 0 Å². The summed E-state index contributed by atoms with van der Waals surface area (Å²) in [6, 6.07) is 0. The summed E-state index contributed by atoms with van der Waals surface area (Å²) in [5, 5.41) is 9.38. The normalized spacial score (nSPS) is 63.9. The first-order valence-electron chi connectivity index (χ1n) is 3.47. The number of aliphatic hydroxyl groups excluding tert-OH is 1. The van der Waals surface area contributed by atoms with E-state index in [1.165, 1.54) is 0 Å². The molecule has 2 bridgehead atoms. The predicted molar refractivity (Wildman–Crippen MR) is 29.3 cm³/mol. The highest BCUT2D eigenvalue weighted by atomic mass is 16.8. The lowest BCUT2D eigenvalue weighted by Gasteiger charge is -2.18. The van der Waals surface area contributed by atoms with Crippen LogP contribution in [0, 0.1) is 0 Å². The van der Waals surface area contributed by atoms with Gasteiger partial charge in [-0.3, -0.25) is 0 Å². The van der Waals surface area contributed by atoms with Gasteiger partial charge in [0.2, 0.25) is 0 Å². The first kappa shape index (κ1) is 5.49. The molecule has 0 aromatic rings. The first-order valence-corrected chi connectivity index (χ1v) is 3.47. The second-order valence-corrected chi connectivity index (χ2v) is 2.93. The van der Waals surface area contributed by atoms with Crippen LogP contribution in [0.25, 0.3) is 0 Å². The Morgan fingerprint density at radius 2 is 2.10 bits per heavy atom. The van der Waals surface area contributed by atoms with Crippen molar-refractivity contribution in [2.75, 3.05) is 6.61 Å². The fourth-order valence-electron chi connectivity index (χ4n) is 1.63. The average Bonchev–Trinajstić information content (AvgIpc) is 2.61. The van der Waals surface area contributed by atoms with Crippen LogP contribution in [0.4, 0.5) is 0 Å². The van der Waals surface area contributed by atoms with Crippen LogP contribution in [0.2, 0.25) is 0 Å². The maximum Gasteiger partial charge on any atom is 0.187 e. The monoisotopic (exact) mass is 144 g/mol. The Balaban J connectivity index is 1.91. The number of ether oxygens (including phenoxy) is 3. The Labute approximate surface area is 57.7 Å². The molecule has 0 radical (unpaired) electrons. The Morgan fingerprint density at radius 1 is 1.20 bits per heavy atom. The number of hydrogen-bond donors (Lipinski definition) is 1. The van der Waals surface area contributed by atoms with Gasteiger partial charge in [0.25, 0.3) is 0 Å². The third-order valence-corrected chi connectivity index (χ3v) is 2.28. The summed E-state index contributed by atoms with van der Waals surface area (Å²) >= 11 is 0. The van der Waals surface area contributed by atoms with E-state index in [-0.39, 0.29) is 24.6 Å². The van der Waals surface area contributed by atoms with E-state index in [9.17, 15) is 5.11 Å². The molecule has 3 fully saturated rings. The van der Waals surface area contributed by atoms with Crippen molar-refractivity contribution in [1.82, 2.24) is 0 Å². The average molecular weight is 144 g/mol. The molecule has 3 rings (SSSR count). The van der Waals surface area contributed by atoms with E-state index in [2.05, 4.69) is 0 Å². The molecular weight excluding hydrogens is 136 g/mol. The molecule has 10 heavy (non-hydrogen) atoms. The van der Waals surface area contributed by atoms with Gasteiger partial charge in [0.1, 0.15) is 24.4 Å². The van der Waals surface area contributed by atoms with Crippen molar-refractivity contribution >= 4 is 0 Å². The third-order valence-electron chi connectivity index (χ3n) is 2.28. The van der Waals surface area contributed by atoms with Crippen LogP contribution in [0.15, 0.2) is 0 Å². The summed E-state index contributed by atoms with van der Waals surface area (Å²) in [6.45, 7) is 0.516. The van der Waals surface area contributed by atoms with Gasteiger partial charge >= 0.3 is 0 Å². The highest BCUT2D eigenvalue weighted by molar-refractivity contribution is 5.03. The van der Waals surface area contributed by atoms with Crippen molar-refractivity contribution in [3.05, 3.63) is 0 Å². The maximum absolute atomic E-state index is 9.38. The quantitative estimate of drug-likeness (QED) is 0.437. The number of epoxide rings is 1. The molecule has 4 nitrogen and oxygen atoms in total. The fraction of sp³-hybridized carbons (Fsp3) is 1.00. The highest BCUT2D eigenvalue weighted by Gasteiger charge is 2.61. The van der Waals surface area contributed by atoms with E-state index < -0.39 is 6.10 Å². The van der Waals surface area contributed by atoms with Crippen LogP contribution < -0.4 is 0 Å². The van der Waals surface area contributed by atoms with Crippen LogP contribution in [-0.2, 0) is 14.2 Å². The molecule has 0 spiro atoms. The molecule has 3 aliphatic rings. The van der Waals surface area contributed by atoms with Crippen LogP contribution in [0.5, 0.6) is 0 Å². The molecule has 3 saturated heterocycles. The minimum absolute atomic E-state index is 0.00810. The van der Waals surface area contributed by atoms with Crippen molar-refractivity contribution in [2.45, 2.75) is 30.7 Å². The molecule has 0 aliphatic carbocycles. The maximum atomic E-state index is 9.38. The van der Waals surface area contributed by atoms with Gasteiger partial charge in [-0.2, -0.15) is 0 Å². The molecule has 1 N–H and O–H groups in total. The number of hydrogen-bond acceptors (Lipinski definition) is 4. The van der Waals surface area contributed by atoms with Gasteiger partial charge in [-0.05, 0) is 0 Å². The lowest BCUT2D eigenvalue weighted by Crippen LogP contribution is -2.39.